The van der Waals surface area contributed by atoms with Crippen LogP contribution in [0.3, 0.4) is 0 Å². The molecule has 2 aromatic rings. The molecule has 0 aliphatic carbocycles. The molecule has 2 rings (SSSR count). The Bertz CT molecular complexity index is 855. The van der Waals surface area contributed by atoms with Crippen molar-refractivity contribution in [1.82, 2.24) is 0 Å². The fourth-order valence-corrected chi connectivity index (χ4v) is 3.46. The molecule has 8 heteroatoms. The van der Waals surface area contributed by atoms with E-state index < -0.39 is 25.1 Å². The van der Waals surface area contributed by atoms with Gasteiger partial charge in [-0.3, -0.25) is 4.55 Å². The summed E-state index contributed by atoms with van der Waals surface area (Å²) in [5.41, 5.74) is 0.0134. The second-order valence-electron chi connectivity index (χ2n) is 4.20. The van der Waals surface area contributed by atoms with Gasteiger partial charge in [0.15, 0.2) is 0 Å². The minimum atomic E-state index is -4.45. The molecule has 0 saturated heterocycles. The van der Waals surface area contributed by atoms with Crippen LogP contribution >= 0.6 is 0 Å². The average molecular weight is 328 g/mol. The van der Waals surface area contributed by atoms with Crippen LogP contribution in [-0.4, -0.2) is 21.4 Å². The molecule has 112 valence electrons. The van der Waals surface area contributed by atoms with Gasteiger partial charge in [-0.25, -0.2) is 0 Å². The fourth-order valence-electron chi connectivity index (χ4n) is 1.72. The lowest BCUT2D eigenvalue weighted by molar-refractivity contribution is 0.473. The van der Waals surface area contributed by atoms with Crippen LogP contribution in [0.1, 0.15) is 5.56 Å². The summed E-state index contributed by atoms with van der Waals surface area (Å²) in [6.07, 6.45) is 0. The van der Waals surface area contributed by atoms with Gasteiger partial charge in [0, 0.05) is 5.56 Å². The SMILES string of the molecule is Cc1c(OS(=O)(=O)c2ccccc2)cccc1S(=O)(=O)O. The van der Waals surface area contributed by atoms with Crippen molar-refractivity contribution in [2.75, 3.05) is 0 Å². The normalized spacial score (nSPS) is 12.1. The molecule has 0 unspecified atom stereocenters. The summed E-state index contributed by atoms with van der Waals surface area (Å²) in [7, 11) is -8.53. The third kappa shape index (κ3) is 3.41. The van der Waals surface area contributed by atoms with Gasteiger partial charge in [0.05, 0.1) is 0 Å². The highest BCUT2D eigenvalue weighted by molar-refractivity contribution is 7.87. The van der Waals surface area contributed by atoms with Gasteiger partial charge in [0.2, 0.25) is 0 Å². The molecule has 0 aromatic heterocycles. The van der Waals surface area contributed by atoms with Crippen molar-refractivity contribution in [1.29, 1.82) is 0 Å². The number of hydrogen-bond donors (Lipinski definition) is 1. The number of rotatable bonds is 4. The fraction of sp³-hybridized carbons (Fsp3) is 0.0769. The quantitative estimate of drug-likeness (QED) is 0.681. The van der Waals surface area contributed by atoms with Gasteiger partial charge in [-0.1, -0.05) is 24.3 Å². The summed E-state index contributed by atoms with van der Waals surface area (Å²) < 4.78 is 60.6. The third-order valence-corrected chi connectivity index (χ3v) is 4.99. The molecule has 0 atom stereocenters. The molecule has 0 radical (unpaired) electrons. The minimum absolute atomic E-state index is 0.0134. The monoisotopic (exact) mass is 328 g/mol. The van der Waals surface area contributed by atoms with Gasteiger partial charge in [0.25, 0.3) is 10.1 Å². The third-order valence-electron chi connectivity index (χ3n) is 2.74. The van der Waals surface area contributed by atoms with Crippen molar-refractivity contribution in [2.45, 2.75) is 16.7 Å². The molecule has 0 spiro atoms. The van der Waals surface area contributed by atoms with E-state index in [2.05, 4.69) is 0 Å². The highest BCUT2D eigenvalue weighted by Gasteiger charge is 2.21. The molecule has 2 aromatic carbocycles. The largest absolute Gasteiger partial charge is 0.379 e. The van der Waals surface area contributed by atoms with Gasteiger partial charge in [-0.05, 0) is 31.2 Å². The van der Waals surface area contributed by atoms with E-state index in [0.717, 1.165) is 6.07 Å². The van der Waals surface area contributed by atoms with Crippen molar-refractivity contribution in [3.63, 3.8) is 0 Å². The van der Waals surface area contributed by atoms with E-state index in [1.807, 2.05) is 0 Å². The predicted molar refractivity (Wildman–Crippen MR) is 75.2 cm³/mol. The van der Waals surface area contributed by atoms with Crippen LogP contribution in [-0.2, 0) is 20.2 Å². The minimum Gasteiger partial charge on any atom is -0.379 e. The Kier molecular flexibility index (Phi) is 4.04. The van der Waals surface area contributed by atoms with Crippen LogP contribution in [0, 0.1) is 6.92 Å². The summed E-state index contributed by atoms with van der Waals surface area (Å²) in [4.78, 5) is -0.454. The van der Waals surface area contributed by atoms with Crippen molar-refractivity contribution >= 4 is 20.2 Å². The first-order valence-electron chi connectivity index (χ1n) is 5.78. The second-order valence-corrected chi connectivity index (χ2v) is 7.14. The highest BCUT2D eigenvalue weighted by atomic mass is 32.2. The summed E-state index contributed by atoms with van der Waals surface area (Å²) in [5, 5.41) is 0. The zero-order valence-corrected chi connectivity index (χ0v) is 12.6. The van der Waals surface area contributed by atoms with Gasteiger partial charge < -0.3 is 4.18 Å². The van der Waals surface area contributed by atoms with E-state index in [1.165, 1.54) is 43.3 Å². The Hall–Kier alpha value is -1.90. The standard InChI is InChI=1S/C13H12O6S2/c1-10-12(8-5-9-13(10)20(14,15)16)19-21(17,18)11-6-3-2-4-7-11/h2-9H,1H3,(H,14,15,16). The van der Waals surface area contributed by atoms with Gasteiger partial charge in [-0.15, -0.1) is 0 Å². The molecule has 0 aliphatic rings. The van der Waals surface area contributed by atoms with Crippen molar-refractivity contribution in [3.05, 3.63) is 54.1 Å². The number of benzene rings is 2. The second kappa shape index (κ2) is 5.47. The Morgan fingerprint density at radius 3 is 2.10 bits per heavy atom. The van der Waals surface area contributed by atoms with Gasteiger partial charge >= 0.3 is 10.1 Å². The first kappa shape index (κ1) is 15.5. The van der Waals surface area contributed by atoms with E-state index >= 15 is 0 Å². The Labute approximate surface area is 122 Å². The first-order valence-corrected chi connectivity index (χ1v) is 8.63. The molecule has 1 N–H and O–H groups in total. The number of hydrogen-bond acceptors (Lipinski definition) is 5. The van der Waals surface area contributed by atoms with Gasteiger partial charge in [0.1, 0.15) is 15.5 Å². The predicted octanol–water partition coefficient (Wildman–Crippen LogP) is 2.01. The topological polar surface area (TPSA) is 97.7 Å². The summed E-state index contributed by atoms with van der Waals surface area (Å²) in [6, 6.07) is 11.2. The average Bonchev–Trinajstić information content (AvgIpc) is 2.41. The van der Waals surface area contributed by atoms with Crippen molar-refractivity contribution in [2.24, 2.45) is 0 Å². The first-order chi connectivity index (χ1) is 9.72. The van der Waals surface area contributed by atoms with Crippen LogP contribution in [0.5, 0.6) is 5.75 Å². The van der Waals surface area contributed by atoms with Gasteiger partial charge in [-0.2, -0.15) is 16.8 Å². The van der Waals surface area contributed by atoms with Crippen LogP contribution in [0.4, 0.5) is 0 Å². The van der Waals surface area contributed by atoms with E-state index in [9.17, 15) is 16.8 Å². The Morgan fingerprint density at radius 2 is 1.52 bits per heavy atom. The Balaban J connectivity index is 2.46. The zero-order chi connectivity index (χ0) is 15.7. The summed E-state index contributed by atoms with van der Waals surface area (Å²) in [6.45, 7) is 1.35. The summed E-state index contributed by atoms with van der Waals surface area (Å²) >= 11 is 0. The molecular formula is C13H12O6S2. The van der Waals surface area contributed by atoms with E-state index in [-0.39, 0.29) is 16.2 Å². The van der Waals surface area contributed by atoms with Crippen molar-refractivity contribution < 1.29 is 25.6 Å². The lowest BCUT2D eigenvalue weighted by Crippen LogP contribution is -2.11. The zero-order valence-electron chi connectivity index (χ0n) is 10.9. The molecule has 0 amide bonds. The van der Waals surface area contributed by atoms with Crippen LogP contribution in [0.2, 0.25) is 0 Å². The van der Waals surface area contributed by atoms with E-state index in [4.69, 9.17) is 8.74 Å². The maximum absolute atomic E-state index is 12.1. The van der Waals surface area contributed by atoms with Crippen LogP contribution < -0.4 is 4.18 Å². The van der Waals surface area contributed by atoms with E-state index in [1.54, 1.807) is 6.07 Å². The van der Waals surface area contributed by atoms with Crippen molar-refractivity contribution in [3.8, 4) is 5.75 Å². The lowest BCUT2D eigenvalue weighted by Gasteiger charge is -2.11. The molecule has 0 bridgehead atoms. The lowest BCUT2D eigenvalue weighted by atomic mass is 10.2. The molecule has 0 saturated carbocycles. The Morgan fingerprint density at radius 1 is 0.905 bits per heavy atom. The van der Waals surface area contributed by atoms with Crippen LogP contribution in [0.25, 0.3) is 0 Å². The molecule has 6 nitrogen and oxygen atoms in total. The maximum atomic E-state index is 12.1. The van der Waals surface area contributed by atoms with Crippen LogP contribution in [0.15, 0.2) is 58.3 Å². The molecule has 21 heavy (non-hydrogen) atoms. The summed E-state index contributed by atoms with van der Waals surface area (Å²) in [5.74, 6) is -0.158. The molecular weight excluding hydrogens is 316 g/mol. The smallest absolute Gasteiger partial charge is 0.339 e. The molecule has 0 heterocycles. The highest BCUT2D eigenvalue weighted by Crippen LogP contribution is 2.27. The maximum Gasteiger partial charge on any atom is 0.339 e. The molecule has 0 aliphatic heterocycles. The molecule has 0 fully saturated rings. The van der Waals surface area contributed by atoms with E-state index in [0.29, 0.717) is 0 Å².